The summed E-state index contributed by atoms with van der Waals surface area (Å²) in [4.78, 5) is 25.9. The first-order valence-electron chi connectivity index (χ1n) is 4.87. The Morgan fingerprint density at radius 3 is 3.12 bits per heavy atom. The monoisotopic (exact) mass is 251 g/mol. The van der Waals surface area contributed by atoms with Crippen LogP contribution in [0.4, 0.5) is 0 Å². The Morgan fingerprint density at radius 1 is 1.65 bits per heavy atom. The van der Waals surface area contributed by atoms with E-state index in [1.54, 1.807) is 12.3 Å². The number of rotatable bonds is 4. The van der Waals surface area contributed by atoms with Crippen molar-refractivity contribution in [3.63, 3.8) is 0 Å². The quantitative estimate of drug-likeness (QED) is 0.605. The lowest BCUT2D eigenvalue weighted by Gasteiger charge is -1.96. The highest BCUT2D eigenvalue weighted by atomic mass is 32.1. The fourth-order valence-corrected chi connectivity index (χ4v) is 1.79. The fraction of sp³-hybridized carbons (Fsp3) is 0.200. The average Bonchev–Trinajstić information content (AvgIpc) is 2.98. The van der Waals surface area contributed by atoms with Crippen LogP contribution in [-0.4, -0.2) is 33.6 Å². The minimum absolute atomic E-state index is 0.315. The summed E-state index contributed by atoms with van der Waals surface area (Å²) in [7, 11) is 0. The third-order valence-corrected chi connectivity index (χ3v) is 2.70. The molecular formula is C10H9N3O3S. The van der Waals surface area contributed by atoms with E-state index in [-0.39, 0.29) is 0 Å². The molecule has 0 unspecified atom stereocenters. The molecule has 0 radical (unpaired) electrons. The maximum Gasteiger partial charge on any atom is 0.341 e. The van der Waals surface area contributed by atoms with Crippen molar-refractivity contribution >= 4 is 23.6 Å². The highest BCUT2D eigenvalue weighted by molar-refractivity contribution is 7.11. The second-order valence-electron chi connectivity index (χ2n) is 3.06. The Bertz CT molecular complexity index is 546. The van der Waals surface area contributed by atoms with E-state index in [2.05, 4.69) is 10.1 Å². The van der Waals surface area contributed by atoms with E-state index in [0.717, 1.165) is 0 Å². The van der Waals surface area contributed by atoms with Crippen molar-refractivity contribution in [2.45, 2.75) is 6.92 Å². The van der Waals surface area contributed by atoms with Gasteiger partial charge in [-0.25, -0.2) is 14.5 Å². The van der Waals surface area contributed by atoms with Gasteiger partial charge >= 0.3 is 5.97 Å². The largest absolute Gasteiger partial charge is 0.462 e. The van der Waals surface area contributed by atoms with Crippen molar-refractivity contribution in [2.24, 2.45) is 0 Å². The van der Waals surface area contributed by atoms with Crippen LogP contribution in [0.1, 0.15) is 27.1 Å². The van der Waals surface area contributed by atoms with Crippen LogP contribution in [0.25, 0.3) is 5.82 Å². The zero-order valence-electron chi connectivity index (χ0n) is 8.99. The smallest absolute Gasteiger partial charge is 0.341 e. The molecule has 0 saturated carbocycles. The van der Waals surface area contributed by atoms with Gasteiger partial charge in [-0.1, -0.05) is 0 Å². The summed E-state index contributed by atoms with van der Waals surface area (Å²) in [5, 5.41) is 6.04. The van der Waals surface area contributed by atoms with Crippen molar-refractivity contribution in [3.05, 3.63) is 28.3 Å². The molecule has 2 rings (SSSR count). The Morgan fingerprint density at radius 2 is 2.47 bits per heavy atom. The SMILES string of the molecule is CCOC(=O)c1cnn(-c2csc(C=O)n2)c1. The number of thiazole rings is 1. The molecule has 0 aliphatic heterocycles. The molecule has 2 heterocycles. The van der Waals surface area contributed by atoms with E-state index in [9.17, 15) is 9.59 Å². The normalized spacial score (nSPS) is 10.2. The van der Waals surface area contributed by atoms with Crippen molar-refractivity contribution in [3.8, 4) is 5.82 Å². The molecule has 0 aromatic carbocycles. The summed E-state index contributed by atoms with van der Waals surface area (Å²) in [6.45, 7) is 2.05. The van der Waals surface area contributed by atoms with Crippen molar-refractivity contribution < 1.29 is 14.3 Å². The standard InChI is InChI=1S/C10H9N3O3S/c1-2-16-10(15)7-3-11-13(4-7)8-6-17-9(5-14)12-8/h3-6H,2H2,1H3. The number of carbonyl (C=O) groups excluding carboxylic acids is 2. The second-order valence-corrected chi connectivity index (χ2v) is 3.95. The summed E-state index contributed by atoms with van der Waals surface area (Å²) in [6.07, 6.45) is 3.59. The molecule has 0 atom stereocenters. The van der Waals surface area contributed by atoms with Crippen LogP contribution in [0, 0.1) is 0 Å². The molecule has 0 saturated heterocycles. The minimum Gasteiger partial charge on any atom is -0.462 e. The number of aromatic nitrogens is 3. The van der Waals surface area contributed by atoms with Crippen LogP contribution in [0.3, 0.4) is 0 Å². The number of carbonyl (C=O) groups is 2. The molecule has 88 valence electrons. The summed E-state index contributed by atoms with van der Waals surface area (Å²) < 4.78 is 6.26. The van der Waals surface area contributed by atoms with Gasteiger partial charge in [0.05, 0.1) is 18.4 Å². The molecule has 0 amide bonds. The van der Waals surface area contributed by atoms with Gasteiger partial charge in [-0.15, -0.1) is 11.3 Å². The van der Waals surface area contributed by atoms with Gasteiger partial charge in [0, 0.05) is 11.6 Å². The molecule has 0 aliphatic carbocycles. The van der Waals surface area contributed by atoms with Crippen molar-refractivity contribution in [2.75, 3.05) is 6.61 Å². The average molecular weight is 251 g/mol. The van der Waals surface area contributed by atoms with Gasteiger partial charge in [-0.2, -0.15) is 5.10 Å². The first-order valence-corrected chi connectivity index (χ1v) is 5.75. The van der Waals surface area contributed by atoms with Gasteiger partial charge in [0.2, 0.25) is 0 Å². The van der Waals surface area contributed by atoms with E-state index in [1.807, 2.05) is 0 Å². The Kier molecular flexibility index (Phi) is 3.29. The maximum absolute atomic E-state index is 11.4. The number of hydrogen-bond donors (Lipinski definition) is 0. The molecule has 0 spiro atoms. The second kappa shape index (κ2) is 4.88. The molecule has 0 bridgehead atoms. The lowest BCUT2D eigenvalue weighted by Crippen LogP contribution is -2.03. The van der Waals surface area contributed by atoms with Crippen molar-refractivity contribution in [1.29, 1.82) is 0 Å². The van der Waals surface area contributed by atoms with Crippen LogP contribution in [0.2, 0.25) is 0 Å². The number of esters is 1. The zero-order chi connectivity index (χ0) is 12.3. The number of ether oxygens (including phenoxy) is 1. The summed E-state index contributed by atoms with van der Waals surface area (Å²) in [5.74, 6) is 0.0808. The van der Waals surface area contributed by atoms with Crippen LogP contribution < -0.4 is 0 Å². The molecule has 2 aromatic heterocycles. The summed E-state index contributed by atoms with van der Waals surface area (Å²) >= 11 is 1.22. The van der Waals surface area contributed by atoms with Crippen LogP contribution >= 0.6 is 11.3 Å². The first kappa shape index (κ1) is 11.5. The maximum atomic E-state index is 11.4. The van der Waals surface area contributed by atoms with Gasteiger partial charge in [0.1, 0.15) is 0 Å². The van der Waals surface area contributed by atoms with Crippen LogP contribution in [-0.2, 0) is 4.74 Å². The van der Waals surface area contributed by atoms with Crippen molar-refractivity contribution in [1.82, 2.24) is 14.8 Å². The highest BCUT2D eigenvalue weighted by Gasteiger charge is 2.11. The molecule has 7 heteroatoms. The topological polar surface area (TPSA) is 74.1 Å². The third-order valence-electron chi connectivity index (χ3n) is 1.94. The van der Waals surface area contributed by atoms with E-state index >= 15 is 0 Å². The van der Waals surface area contributed by atoms with E-state index < -0.39 is 5.97 Å². The zero-order valence-corrected chi connectivity index (χ0v) is 9.81. The van der Waals surface area contributed by atoms with Crippen LogP contribution in [0.5, 0.6) is 0 Å². The molecular weight excluding hydrogens is 242 g/mol. The predicted octanol–water partition coefficient (Wildman–Crippen LogP) is 1.32. The number of hydrogen-bond acceptors (Lipinski definition) is 6. The number of aldehydes is 1. The molecule has 2 aromatic rings. The number of nitrogens with zero attached hydrogens (tertiary/aromatic N) is 3. The van der Waals surface area contributed by atoms with Crippen LogP contribution in [0.15, 0.2) is 17.8 Å². The van der Waals surface area contributed by atoms with Gasteiger partial charge in [-0.05, 0) is 6.92 Å². The van der Waals surface area contributed by atoms with Gasteiger partial charge in [0.25, 0.3) is 0 Å². The van der Waals surface area contributed by atoms with E-state index in [0.29, 0.717) is 29.3 Å². The molecule has 17 heavy (non-hydrogen) atoms. The van der Waals surface area contributed by atoms with E-state index in [1.165, 1.54) is 28.4 Å². The van der Waals surface area contributed by atoms with Gasteiger partial charge in [0.15, 0.2) is 17.1 Å². The molecule has 6 nitrogen and oxygen atoms in total. The Balaban J connectivity index is 2.23. The first-order chi connectivity index (χ1) is 8.24. The van der Waals surface area contributed by atoms with E-state index in [4.69, 9.17) is 4.74 Å². The Hall–Kier alpha value is -2.02. The predicted molar refractivity (Wildman–Crippen MR) is 60.6 cm³/mol. The van der Waals surface area contributed by atoms with Gasteiger partial charge < -0.3 is 4.74 Å². The summed E-state index contributed by atoms with van der Waals surface area (Å²) in [5.41, 5.74) is 0.354. The third kappa shape index (κ3) is 2.39. The lowest BCUT2D eigenvalue weighted by atomic mass is 10.4. The lowest BCUT2D eigenvalue weighted by molar-refractivity contribution is 0.0526. The summed E-state index contributed by atoms with van der Waals surface area (Å²) in [6, 6.07) is 0. The minimum atomic E-state index is -0.426. The molecule has 0 N–H and O–H groups in total. The molecule has 0 aliphatic rings. The Labute approximate surface area is 101 Å². The fourth-order valence-electron chi connectivity index (χ4n) is 1.21. The molecule has 0 fully saturated rings. The van der Waals surface area contributed by atoms with Gasteiger partial charge in [-0.3, -0.25) is 4.79 Å². The highest BCUT2D eigenvalue weighted by Crippen LogP contribution is 2.12.